The van der Waals surface area contributed by atoms with Crippen molar-refractivity contribution in [3.8, 4) is 0 Å². The molecule has 4 aliphatic rings. The summed E-state index contributed by atoms with van der Waals surface area (Å²) in [5.41, 5.74) is 2.97. The minimum atomic E-state index is -0.0999. The summed E-state index contributed by atoms with van der Waals surface area (Å²) in [4.78, 5) is 18.1. The van der Waals surface area contributed by atoms with Crippen LogP contribution >= 0.6 is 0 Å². The summed E-state index contributed by atoms with van der Waals surface area (Å²) in [6, 6.07) is 9.23. The molecular weight excluding hydrogens is 332 g/mol. The van der Waals surface area contributed by atoms with Crippen LogP contribution in [0.25, 0.3) is 0 Å². The SMILES string of the molecule is CCN(CCN(C)C)C(=O)C12CC3CC(C1)CC(c1ccc(C)cc1)(C3)C2. The fourth-order valence-electron chi connectivity index (χ4n) is 6.82. The minimum absolute atomic E-state index is 0.0999. The largest absolute Gasteiger partial charge is 0.341 e. The molecule has 27 heavy (non-hydrogen) atoms. The van der Waals surface area contributed by atoms with Crippen molar-refractivity contribution in [2.75, 3.05) is 33.7 Å². The van der Waals surface area contributed by atoms with Gasteiger partial charge < -0.3 is 9.80 Å². The molecule has 0 spiro atoms. The Morgan fingerprint density at radius 3 is 2.22 bits per heavy atom. The van der Waals surface area contributed by atoms with Crippen molar-refractivity contribution in [1.82, 2.24) is 9.80 Å². The molecule has 1 aromatic carbocycles. The minimum Gasteiger partial charge on any atom is -0.341 e. The summed E-state index contributed by atoms with van der Waals surface area (Å²) < 4.78 is 0. The standard InChI is InChI=1S/C24H36N2O/c1-5-26(11-10-25(3)4)22(27)24-15-19-12-20(16-24)14-23(13-19,17-24)21-8-6-18(2)7-9-21/h6-9,19-20H,5,10-17H2,1-4H3. The van der Waals surface area contributed by atoms with Crippen molar-refractivity contribution in [1.29, 1.82) is 0 Å². The lowest BCUT2D eigenvalue weighted by molar-refractivity contribution is -0.160. The van der Waals surface area contributed by atoms with Crippen molar-refractivity contribution in [2.45, 2.75) is 57.8 Å². The molecule has 2 unspecified atom stereocenters. The molecule has 1 amide bonds. The molecule has 3 heteroatoms. The van der Waals surface area contributed by atoms with E-state index in [0.717, 1.165) is 50.7 Å². The average molecular weight is 369 g/mol. The zero-order valence-corrected chi connectivity index (χ0v) is 17.6. The number of rotatable bonds is 6. The zero-order chi connectivity index (χ0) is 19.2. The number of carbonyl (C=O) groups is 1. The highest BCUT2D eigenvalue weighted by Crippen LogP contribution is 2.66. The molecule has 2 atom stereocenters. The van der Waals surface area contributed by atoms with E-state index in [1.165, 1.54) is 30.4 Å². The van der Waals surface area contributed by atoms with Crippen LogP contribution in [0.5, 0.6) is 0 Å². The summed E-state index contributed by atoms with van der Waals surface area (Å²) in [7, 11) is 4.19. The Morgan fingerprint density at radius 1 is 1.04 bits per heavy atom. The Bertz CT molecular complexity index is 679. The Balaban J connectivity index is 1.63. The van der Waals surface area contributed by atoms with Crippen LogP contribution in [-0.4, -0.2) is 49.4 Å². The highest BCUT2D eigenvalue weighted by atomic mass is 16.2. The molecule has 1 aromatic rings. The van der Waals surface area contributed by atoms with Crippen LogP contribution < -0.4 is 0 Å². The fraction of sp³-hybridized carbons (Fsp3) is 0.708. The first-order chi connectivity index (χ1) is 12.9. The summed E-state index contributed by atoms with van der Waals surface area (Å²) in [5, 5.41) is 0. The van der Waals surface area contributed by atoms with Gasteiger partial charge in [-0.25, -0.2) is 0 Å². The van der Waals surface area contributed by atoms with Crippen LogP contribution in [0.1, 0.15) is 56.6 Å². The van der Waals surface area contributed by atoms with Gasteiger partial charge in [-0.05, 0) is 89.3 Å². The van der Waals surface area contributed by atoms with Gasteiger partial charge in [-0.3, -0.25) is 4.79 Å². The Labute approximate surface area is 165 Å². The van der Waals surface area contributed by atoms with Crippen LogP contribution in [0.3, 0.4) is 0 Å². The quantitative estimate of drug-likeness (QED) is 0.750. The molecule has 0 saturated heterocycles. The summed E-state index contributed by atoms with van der Waals surface area (Å²) in [6.45, 7) is 6.95. The van der Waals surface area contributed by atoms with Gasteiger partial charge >= 0.3 is 0 Å². The third-order valence-electron chi connectivity index (χ3n) is 7.66. The van der Waals surface area contributed by atoms with E-state index in [2.05, 4.69) is 62.0 Å². The normalized spacial score (nSPS) is 34.3. The van der Waals surface area contributed by atoms with Gasteiger partial charge in [-0.1, -0.05) is 29.8 Å². The van der Waals surface area contributed by atoms with E-state index in [1.54, 1.807) is 0 Å². The molecule has 0 radical (unpaired) electrons. The predicted molar refractivity (Wildman–Crippen MR) is 111 cm³/mol. The molecule has 3 nitrogen and oxygen atoms in total. The number of carbonyl (C=O) groups excluding carboxylic acids is 1. The molecule has 5 rings (SSSR count). The van der Waals surface area contributed by atoms with E-state index < -0.39 is 0 Å². The lowest BCUT2D eigenvalue weighted by Crippen LogP contribution is -2.60. The number of aryl methyl sites for hydroxylation is 1. The monoisotopic (exact) mass is 368 g/mol. The predicted octanol–water partition coefficient (Wildman–Crippen LogP) is 4.24. The summed E-state index contributed by atoms with van der Waals surface area (Å²) >= 11 is 0. The molecule has 4 bridgehead atoms. The first-order valence-corrected chi connectivity index (χ1v) is 10.9. The maximum atomic E-state index is 13.8. The fourth-order valence-corrected chi connectivity index (χ4v) is 6.82. The third kappa shape index (κ3) is 3.33. The smallest absolute Gasteiger partial charge is 0.228 e. The lowest BCUT2D eigenvalue weighted by atomic mass is 9.42. The van der Waals surface area contributed by atoms with E-state index in [1.807, 2.05) is 0 Å². The van der Waals surface area contributed by atoms with E-state index in [9.17, 15) is 4.79 Å². The van der Waals surface area contributed by atoms with E-state index >= 15 is 0 Å². The Morgan fingerprint density at radius 2 is 1.67 bits per heavy atom. The van der Waals surface area contributed by atoms with Gasteiger partial charge in [-0.15, -0.1) is 0 Å². The van der Waals surface area contributed by atoms with Gasteiger partial charge in [0.05, 0.1) is 5.41 Å². The molecule has 0 N–H and O–H groups in total. The van der Waals surface area contributed by atoms with Crippen LogP contribution in [0.4, 0.5) is 0 Å². The number of nitrogens with zero attached hydrogens (tertiary/aromatic N) is 2. The van der Waals surface area contributed by atoms with Crippen LogP contribution in [0, 0.1) is 24.2 Å². The van der Waals surface area contributed by atoms with Crippen LogP contribution in [0.15, 0.2) is 24.3 Å². The van der Waals surface area contributed by atoms with E-state index in [0.29, 0.717) is 5.91 Å². The topological polar surface area (TPSA) is 23.6 Å². The van der Waals surface area contributed by atoms with Crippen molar-refractivity contribution >= 4 is 5.91 Å². The maximum absolute atomic E-state index is 13.8. The number of amides is 1. The molecule has 0 aliphatic heterocycles. The first kappa shape index (κ1) is 19.0. The molecule has 0 aromatic heterocycles. The summed E-state index contributed by atoms with van der Waals surface area (Å²) in [5.74, 6) is 1.94. The van der Waals surface area contributed by atoms with Gasteiger partial charge in [-0.2, -0.15) is 0 Å². The van der Waals surface area contributed by atoms with Gasteiger partial charge in [0.15, 0.2) is 0 Å². The van der Waals surface area contributed by atoms with Gasteiger partial charge in [0.2, 0.25) is 5.91 Å². The number of hydrogen-bond acceptors (Lipinski definition) is 2. The Kier molecular flexibility index (Phi) is 4.86. The molecular formula is C24H36N2O. The first-order valence-electron chi connectivity index (χ1n) is 10.9. The number of benzene rings is 1. The molecule has 4 aliphatic carbocycles. The molecule has 0 heterocycles. The average Bonchev–Trinajstić information content (AvgIpc) is 2.61. The second kappa shape index (κ2) is 6.92. The van der Waals surface area contributed by atoms with Gasteiger partial charge in [0.1, 0.15) is 0 Å². The highest BCUT2D eigenvalue weighted by molar-refractivity contribution is 5.83. The van der Waals surface area contributed by atoms with E-state index in [-0.39, 0.29) is 10.8 Å². The van der Waals surface area contributed by atoms with Crippen molar-refractivity contribution in [2.24, 2.45) is 17.3 Å². The number of hydrogen-bond donors (Lipinski definition) is 0. The second-order valence-corrected chi connectivity index (χ2v) is 10.1. The third-order valence-corrected chi connectivity index (χ3v) is 7.66. The van der Waals surface area contributed by atoms with Gasteiger partial charge in [0, 0.05) is 19.6 Å². The second-order valence-electron chi connectivity index (χ2n) is 10.1. The highest BCUT2D eigenvalue weighted by Gasteiger charge is 2.61. The van der Waals surface area contributed by atoms with Crippen LogP contribution in [-0.2, 0) is 10.2 Å². The molecule has 148 valence electrons. The zero-order valence-electron chi connectivity index (χ0n) is 17.6. The maximum Gasteiger partial charge on any atom is 0.228 e. The van der Waals surface area contributed by atoms with Crippen LogP contribution in [0.2, 0.25) is 0 Å². The summed E-state index contributed by atoms with van der Waals surface area (Å²) in [6.07, 6.45) is 7.29. The van der Waals surface area contributed by atoms with Crippen molar-refractivity contribution in [3.05, 3.63) is 35.4 Å². The van der Waals surface area contributed by atoms with Gasteiger partial charge in [0.25, 0.3) is 0 Å². The number of likely N-dealkylation sites (N-methyl/N-ethyl adjacent to an activating group) is 2. The molecule has 4 saturated carbocycles. The van der Waals surface area contributed by atoms with Crippen molar-refractivity contribution in [3.63, 3.8) is 0 Å². The molecule has 4 fully saturated rings. The van der Waals surface area contributed by atoms with E-state index in [4.69, 9.17) is 0 Å². The lowest BCUT2D eigenvalue weighted by Gasteiger charge is -2.62. The van der Waals surface area contributed by atoms with Crippen molar-refractivity contribution < 1.29 is 4.79 Å². The Hall–Kier alpha value is -1.35.